The third kappa shape index (κ3) is 5.15. The van der Waals surface area contributed by atoms with Gasteiger partial charge < -0.3 is 15.5 Å². The van der Waals surface area contributed by atoms with Gasteiger partial charge in [-0.25, -0.2) is 4.79 Å². The van der Waals surface area contributed by atoms with Gasteiger partial charge in [-0.15, -0.1) is 0 Å². The zero-order chi connectivity index (χ0) is 15.9. The van der Waals surface area contributed by atoms with E-state index in [-0.39, 0.29) is 12.1 Å². The lowest BCUT2D eigenvalue weighted by molar-refractivity contribution is 0.225. The van der Waals surface area contributed by atoms with Crippen LogP contribution in [0.25, 0.3) is 0 Å². The first-order chi connectivity index (χ1) is 11.3. The summed E-state index contributed by atoms with van der Waals surface area (Å²) in [4.78, 5) is 14.9. The number of nitrogens with one attached hydrogen (secondary N) is 2. The Morgan fingerprint density at radius 2 is 1.87 bits per heavy atom. The molecule has 2 saturated heterocycles. The monoisotopic (exact) mass is 333 g/mol. The molecule has 1 aromatic rings. The van der Waals surface area contributed by atoms with Gasteiger partial charge in [0.1, 0.15) is 0 Å². The number of carbonyl (C=O) groups excluding carboxylic acids is 1. The van der Waals surface area contributed by atoms with E-state index in [1.165, 1.54) is 18.4 Å². The lowest BCUT2D eigenvalue weighted by Crippen LogP contribution is -2.46. The molecular weight excluding hydrogens is 306 g/mol. The molecule has 0 spiro atoms. The average molecular weight is 334 g/mol. The standard InChI is InChI=1S/C18H27N3OS/c22-18(19-16-8-12-23-13-9-16)20-17(14-21-10-4-5-11-21)15-6-2-1-3-7-15/h1-3,6-7,16-17H,4-5,8-14H2,(H2,19,20,22)/t17-/m0/s1. The van der Waals surface area contributed by atoms with Gasteiger partial charge in [0.25, 0.3) is 0 Å². The number of rotatable bonds is 5. The van der Waals surface area contributed by atoms with Gasteiger partial charge in [0.05, 0.1) is 6.04 Å². The molecule has 2 aliphatic heterocycles. The van der Waals surface area contributed by atoms with Crippen molar-refractivity contribution in [1.29, 1.82) is 0 Å². The zero-order valence-corrected chi connectivity index (χ0v) is 14.5. The second-order valence-electron chi connectivity index (χ2n) is 6.48. The van der Waals surface area contributed by atoms with Crippen molar-refractivity contribution in [2.24, 2.45) is 0 Å². The van der Waals surface area contributed by atoms with Crippen LogP contribution in [-0.4, -0.2) is 48.1 Å². The van der Waals surface area contributed by atoms with E-state index in [0.29, 0.717) is 6.04 Å². The molecule has 0 radical (unpaired) electrons. The fourth-order valence-electron chi connectivity index (χ4n) is 3.37. The fourth-order valence-corrected chi connectivity index (χ4v) is 4.48. The molecule has 5 heteroatoms. The largest absolute Gasteiger partial charge is 0.335 e. The Balaban J connectivity index is 1.59. The molecule has 23 heavy (non-hydrogen) atoms. The maximum atomic E-state index is 12.4. The van der Waals surface area contributed by atoms with E-state index in [9.17, 15) is 4.79 Å². The third-order valence-electron chi connectivity index (χ3n) is 4.70. The smallest absolute Gasteiger partial charge is 0.315 e. The zero-order valence-electron chi connectivity index (χ0n) is 13.7. The van der Waals surface area contributed by atoms with Gasteiger partial charge >= 0.3 is 6.03 Å². The number of nitrogens with zero attached hydrogens (tertiary/aromatic N) is 1. The Morgan fingerprint density at radius 3 is 2.57 bits per heavy atom. The SMILES string of the molecule is O=C(NC1CCSCC1)N[C@@H](CN1CCCC1)c1ccccc1. The van der Waals surface area contributed by atoms with E-state index in [1.807, 2.05) is 30.0 Å². The highest BCUT2D eigenvalue weighted by Crippen LogP contribution is 2.19. The number of amides is 2. The predicted octanol–water partition coefficient (Wildman–Crippen LogP) is 3.02. The molecule has 2 N–H and O–H groups in total. The van der Waals surface area contributed by atoms with E-state index in [0.717, 1.165) is 44.0 Å². The molecule has 0 aliphatic carbocycles. The van der Waals surface area contributed by atoms with Crippen molar-refractivity contribution in [2.45, 2.75) is 37.8 Å². The van der Waals surface area contributed by atoms with Crippen molar-refractivity contribution in [3.8, 4) is 0 Å². The van der Waals surface area contributed by atoms with E-state index in [2.05, 4.69) is 27.7 Å². The summed E-state index contributed by atoms with van der Waals surface area (Å²) in [5.41, 5.74) is 1.19. The molecule has 1 aromatic carbocycles. The number of hydrogen-bond acceptors (Lipinski definition) is 3. The highest BCUT2D eigenvalue weighted by Gasteiger charge is 2.22. The van der Waals surface area contributed by atoms with Crippen molar-refractivity contribution in [3.63, 3.8) is 0 Å². The van der Waals surface area contributed by atoms with Crippen LogP contribution in [0.5, 0.6) is 0 Å². The van der Waals surface area contributed by atoms with Gasteiger partial charge in [-0.2, -0.15) is 11.8 Å². The topological polar surface area (TPSA) is 44.4 Å². The number of likely N-dealkylation sites (tertiary alicyclic amines) is 1. The van der Waals surface area contributed by atoms with Crippen LogP contribution in [0.2, 0.25) is 0 Å². The van der Waals surface area contributed by atoms with E-state index >= 15 is 0 Å². The lowest BCUT2D eigenvalue weighted by atomic mass is 10.1. The summed E-state index contributed by atoms with van der Waals surface area (Å²) in [6.45, 7) is 3.19. The molecule has 4 nitrogen and oxygen atoms in total. The summed E-state index contributed by atoms with van der Waals surface area (Å²) >= 11 is 1.98. The van der Waals surface area contributed by atoms with Crippen LogP contribution in [0.15, 0.2) is 30.3 Å². The molecule has 126 valence electrons. The Labute approximate surface area is 143 Å². The molecule has 2 fully saturated rings. The third-order valence-corrected chi connectivity index (χ3v) is 5.75. The van der Waals surface area contributed by atoms with Gasteiger partial charge in [-0.3, -0.25) is 0 Å². The van der Waals surface area contributed by atoms with Crippen LogP contribution in [0, 0.1) is 0 Å². The number of hydrogen-bond donors (Lipinski definition) is 2. The molecule has 0 bridgehead atoms. The summed E-state index contributed by atoms with van der Waals surface area (Å²) in [7, 11) is 0. The van der Waals surface area contributed by atoms with Crippen molar-refractivity contribution < 1.29 is 4.79 Å². The van der Waals surface area contributed by atoms with Gasteiger partial charge in [-0.05, 0) is 55.8 Å². The maximum Gasteiger partial charge on any atom is 0.315 e. The fraction of sp³-hybridized carbons (Fsp3) is 0.611. The van der Waals surface area contributed by atoms with E-state index < -0.39 is 0 Å². The van der Waals surface area contributed by atoms with Crippen molar-refractivity contribution in [2.75, 3.05) is 31.1 Å². The lowest BCUT2D eigenvalue weighted by Gasteiger charge is -2.27. The first-order valence-electron chi connectivity index (χ1n) is 8.73. The summed E-state index contributed by atoms with van der Waals surface area (Å²) in [6.07, 6.45) is 4.71. The minimum absolute atomic E-state index is 0.0186. The van der Waals surface area contributed by atoms with Crippen LogP contribution in [-0.2, 0) is 0 Å². The second kappa shape index (κ2) is 8.60. The minimum atomic E-state index is -0.0186. The number of thioether (sulfide) groups is 1. The van der Waals surface area contributed by atoms with Gasteiger partial charge in [0.15, 0.2) is 0 Å². The Hall–Kier alpha value is -1.20. The molecule has 2 heterocycles. The second-order valence-corrected chi connectivity index (χ2v) is 7.70. The Morgan fingerprint density at radius 1 is 1.17 bits per heavy atom. The number of carbonyl (C=O) groups is 1. The van der Waals surface area contributed by atoms with Crippen LogP contribution in [0.1, 0.15) is 37.3 Å². The summed E-state index contributed by atoms with van der Waals surface area (Å²) in [5, 5.41) is 6.37. The summed E-state index contributed by atoms with van der Waals surface area (Å²) < 4.78 is 0. The van der Waals surface area contributed by atoms with Gasteiger partial charge in [-0.1, -0.05) is 30.3 Å². The molecule has 0 aromatic heterocycles. The van der Waals surface area contributed by atoms with Crippen molar-refractivity contribution in [1.82, 2.24) is 15.5 Å². The maximum absolute atomic E-state index is 12.4. The predicted molar refractivity (Wildman–Crippen MR) is 96.9 cm³/mol. The Kier molecular flexibility index (Phi) is 6.22. The van der Waals surface area contributed by atoms with E-state index in [4.69, 9.17) is 0 Å². The summed E-state index contributed by atoms with van der Waals surface area (Å²) in [5.74, 6) is 2.31. The highest BCUT2D eigenvalue weighted by atomic mass is 32.2. The van der Waals surface area contributed by atoms with Crippen LogP contribution in [0.4, 0.5) is 4.79 Å². The molecule has 0 unspecified atom stereocenters. The highest BCUT2D eigenvalue weighted by molar-refractivity contribution is 7.99. The van der Waals surface area contributed by atoms with Gasteiger partial charge in [0.2, 0.25) is 0 Å². The number of benzene rings is 1. The van der Waals surface area contributed by atoms with Crippen LogP contribution >= 0.6 is 11.8 Å². The van der Waals surface area contributed by atoms with E-state index in [1.54, 1.807) is 0 Å². The quantitative estimate of drug-likeness (QED) is 0.870. The van der Waals surface area contributed by atoms with Crippen molar-refractivity contribution in [3.05, 3.63) is 35.9 Å². The molecule has 1 atom stereocenters. The number of urea groups is 1. The molecule has 3 rings (SSSR count). The van der Waals surface area contributed by atoms with Gasteiger partial charge in [0, 0.05) is 12.6 Å². The average Bonchev–Trinajstić information content (AvgIpc) is 3.09. The normalized spacial score (nSPS) is 21.0. The first kappa shape index (κ1) is 16.7. The molecule has 0 saturated carbocycles. The minimum Gasteiger partial charge on any atom is -0.335 e. The van der Waals surface area contributed by atoms with Crippen LogP contribution in [0.3, 0.4) is 0 Å². The molecular formula is C18H27N3OS. The molecule has 2 aliphatic rings. The molecule has 2 amide bonds. The first-order valence-corrected chi connectivity index (χ1v) is 9.89. The van der Waals surface area contributed by atoms with Crippen molar-refractivity contribution >= 4 is 17.8 Å². The Bertz CT molecular complexity index is 484. The van der Waals surface area contributed by atoms with Crippen LogP contribution < -0.4 is 10.6 Å². The summed E-state index contributed by atoms with van der Waals surface area (Å²) in [6, 6.07) is 10.7.